The van der Waals surface area contributed by atoms with Gasteiger partial charge in [-0.2, -0.15) is 0 Å². The van der Waals surface area contributed by atoms with Gasteiger partial charge in [-0.1, -0.05) is 23.9 Å². The predicted octanol–water partition coefficient (Wildman–Crippen LogP) is 1.89. The highest BCUT2D eigenvalue weighted by atomic mass is 32.2. The number of thioether (sulfide) groups is 1. The zero-order chi connectivity index (χ0) is 14.7. The van der Waals surface area contributed by atoms with Crippen molar-refractivity contribution in [1.82, 2.24) is 14.9 Å². The highest BCUT2D eigenvalue weighted by molar-refractivity contribution is 7.99. The molecular formula is C15H19N3O2S. The van der Waals surface area contributed by atoms with Crippen molar-refractivity contribution in [3.05, 3.63) is 24.3 Å². The van der Waals surface area contributed by atoms with Gasteiger partial charge in [0.15, 0.2) is 5.16 Å². The summed E-state index contributed by atoms with van der Waals surface area (Å²) in [5.74, 6) is 0.746. The van der Waals surface area contributed by atoms with E-state index in [-0.39, 0.29) is 18.4 Å². The number of nitrogens with zero attached hydrogens (tertiary/aromatic N) is 2. The number of rotatable bonds is 4. The maximum Gasteiger partial charge on any atom is 0.233 e. The summed E-state index contributed by atoms with van der Waals surface area (Å²) in [6.07, 6.45) is 1.99. The molecule has 2 heterocycles. The summed E-state index contributed by atoms with van der Waals surface area (Å²) in [7, 11) is 0. The van der Waals surface area contributed by atoms with Gasteiger partial charge >= 0.3 is 0 Å². The van der Waals surface area contributed by atoms with Crippen molar-refractivity contribution in [2.45, 2.75) is 18.0 Å². The highest BCUT2D eigenvalue weighted by Crippen LogP contribution is 2.21. The van der Waals surface area contributed by atoms with Crippen molar-refractivity contribution in [3.8, 4) is 0 Å². The van der Waals surface area contributed by atoms with Crippen LogP contribution in [0.4, 0.5) is 0 Å². The van der Waals surface area contributed by atoms with E-state index in [9.17, 15) is 9.90 Å². The maximum atomic E-state index is 12.2. The Kier molecular flexibility index (Phi) is 4.45. The number of para-hydroxylation sites is 2. The van der Waals surface area contributed by atoms with Crippen molar-refractivity contribution in [3.63, 3.8) is 0 Å². The van der Waals surface area contributed by atoms with Crippen LogP contribution >= 0.6 is 11.8 Å². The molecule has 6 heteroatoms. The normalized spacial score (nSPS) is 19.1. The van der Waals surface area contributed by atoms with E-state index in [1.165, 1.54) is 11.8 Å². The Bertz CT molecular complexity index is 595. The van der Waals surface area contributed by atoms with E-state index in [4.69, 9.17) is 0 Å². The number of fused-ring (bicyclic) bond motifs is 1. The molecule has 0 radical (unpaired) electrons. The Labute approximate surface area is 127 Å². The predicted molar refractivity (Wildman–Crippen MR) is 83.2 cm³/mol. The first kappa shape index (κ1) is 14.4. The average molecular weight is 305 g/mol. The Hall–Kier alpha value is -1.53. The lowest BCUT2D eigenvalue weighted by atomic mass is 9.99. The van der Waals surface area contributed by atoms with Crippen LogP contribution in [0.3, 0.4) is 0 Å². The zero-order valence-electron chi connectivity index (χ0n) is 11.8. The summed E-state index contributed by atoms with van der Waals surface area (Å²) in [5, 5.41) is 10.00. The minimum absolute atomic E-state index is 0.124. The molecule has 0 saturated carbocycles. The van der Waals surface area contributed by atoms with Gasteiger partial charge in [-0.3, -0.25) is 4.79 Å². The van der Waals surface area contributed by atoms with Crippen LogP contribution in [-0.4, -0.2) is 51.3 Å². The number of hydrogen-bond donors (Lipinski definition) is 2. The molecule has 1 aromatic heterocycles. The van der Waals surface area contributed by atoms with Gasteiger partial charge < -0.3 is 15.0 Å². The van der Waals surface area contributed by atoms with Crippen LogP contribution in [0.1, 0.15) is 12.8 Å². The zero-order valence-corrected chi connectivity index (χ0v) is 12.6. The molecule has 1 unspecified atom stereocenters. The van der Waals surface area contributed by atoms with Gasteiger partial charge in [0.2, 0.25) is 5.91 Å². The third kappa shape index (κ3) is 3.39. The Morgan fingerprint density at radius 1 is 1.48 bits per heavy atom. The molecule has 1 amide bonds. The number of aromatic nitrogens is 2. The van der Waals surface area contributed by atoms with Crippen molar-refractivity contribution in [2.24, 2.45) is 5.92 Å². The Morgan fingerprint density at radius 3 is 3.14 bits per heavy atom. The van der Waals surface area contributed by atoms with E-state index in [1.807, 2.05) is 29.2 Å². The molecule has 0 aliphatic carbocycles. The molecule has 21 heavy (non-hydrogen) atoms. The van der Waals surface area contributed by atoms with Crippen LogP contribution in [0, 0.1) is 5.92 Å². The van der Waals surface area contributed by atoms with E-state index >= 15 is 0 Å². The van der Waals surface area contributed by atoms with Gasteiger partial charge in [0.05, 0.1) is 16.8 Å². The molecule has 5 nitrogen and oxygen atoms in total. The van der Waals surface area contributed by atoms with E-state index in [1.54, 1.807) is 0 Å². The first-order valence-corrected chi connectivity index (χ1v) is 8.21. The lowest BCUT2D eigenvalue weighted by molar-refractivity contribution is -0.130. The number of amides is 1. The standard InChI is InChI=1S/C15H19N3O2S/c19-9-11-4-3-7-18(8-11)14(20)10-21-15-16-12-5-1-2-6-13(12)17-15/h1-2,5-6,11,19H,3-4,7-10H2,(H,16,17). The van der Waals surface area contributed by atoms with E-state index < -0.39 is 0 Å². The summed E-state index contributed by atoms with van der Waals surface area (Å²) in [5.41, 5.74) is 1.91. The molecular weight excluding hydrogens is 286 g/mol. The van der Waals surface area contributed by atoms with Crippen LogP contribution < -0.4 is 0 Å². The van der Waals surface area contributed by atoms with Crippen molar-refractivity contribution in [2.75, 3.05) is 25.4 Å². The van der Waals surface area contributed by atoms with Crippen LogP contribution in [-0.2, 0) is 4.79 Å². The second kappa shape index (κ2) is 6.49. The average Bonchev–Trinajstić information content (AvgIpc) is 2.95. The van der Waals surface area contributed by atoms with Crippen LogP contribution in [0.25, 0.3) is 11.0 Å². The van der Waals surface area contributed by atoms with Crippen molar-refractivity contribution in [1.29, 1.82) is 0 Å². The minimum atomic E-state index is 0.124. The Morgan fingerprint density at radius 2 is 2.33 bits per heavy atom. The van der Waals surface area contributed by atoms with Crippen LogP contribution in [0.2, 0.25) is 0 Å². The van der Waals surface area contributed by atoms with E-state index in [0.29, 0.717) is 12.3 Å². The van der Waals surface area contributed by atoms with Gasteiger partial charge in [0, 0.05) is 19.7 Å². The van der Waals surface area contributed by atoms with Crippen molar-refractivity contribution >= 4 is 28.7 Å². The summed E-state index contributed by atoms with van der Waals surface area (Å²) < 4.78 is 0. The molecule has 112 valence electrons. The maximum absolute atomic E-state index is 12.2. The fraction of sp³-hybridized carbons (Fsp3) is 0.467. The molecule has 3 rings (SSSR count). The molecule has 0 bridgehead atoms. The fourth-order valence-corrected chi connectivity index (χ4v) is 3.45. The third-order valence-corrected chi connectivity index (χ3v) is 4.69. The minimum Gasteiger partial charge on any atom is -0.396 e. The topological polar surface area (TPSA) is 69.2 Å². The number of aliphatic hydroxyl groups is 1. The molecule has 1 saturated heterocycles. The molecule has 1 aliphatic heterocycles. The third-order valence-electron chi connectivity index (χ3n) is 3.83. The second-order valence-electron chi connectivity index (χ2n) is 5.38. The second-order valence-corrected chi connectivity index (χ2v) is 6.34. The van der Waals surface area contributed by atoms with Gasteiger partial charge in [0.1, 0.15) is 0 Å². The lowest BCUT2D eigenvalue weighted by Gasteiger charge is -2.31. The first-order valence-electron chi connectivity index (χ1n) is 7.22. The smallest absolute Gasteiger partial charge is 0.233 e. The summed E-state index contributed by atoms with van der Waals surface area (Å²) in [4.78, 5) is 21.8. The molecule has 2 N–H and O–H groups in total. The van der Waals surface area contributed by atoms with Crippen molar-refractivity contribution < 1.29 is 9.90 Å². The summed E-state index contributed by atoms with van der Waals surface area (Å²) in [6.45, 7) is 1.65. The quantitative estimate of drug-likeness (QED) is 0.846. The van der Waals surface area contributed by atoms with Gasteiger partial charge in [-0.25, -0.2) is 4.98 Å². The first-order chi connectivity index (χ1) is 10.3. The number of aliphatic hydroxyl groups excluding tert-OH is 1. The number of imidazole rings is 1. The number of hydrogen-bond acceptors (Lipinski definition) is 4. The SMILES string of the molecule is O=C(CSc1nc2ccccc2[nH]1)N1CCCC(CO)C1. The summed E-state index contributed by atoms with van der Waals surface area (Å²) >= 11 is 1.44. The van der Waals surface area contributed by atoms with Crippen LogP contribution in [0.15, 0.2) is 29.4 Å². The number of nitrogens with one attached hydrogen (secondary N) is 1. The number of carbonyl (C=O) groups excluding carboxylic acids is 1. The molecule has 1 fully saturated rings. The fourth-order valence-electron chi connectivity index (χ4n) is 2.66. The number of aromatic amines is 1. The molecule has 1 aliphatic rings. The molecule has 0 spiro atoms. The number of carbonyl (C=O) groups is 1. The van der Waals surface area contributed by atoms with E-state index in [0.717, 1.165) is 35.6 Å². The number of benzene rings is 1. The van der Waals surface area contributed by atoms with Crippen LogP contribution in [0.5, 0.6) is 0 Å². The largest absolute Gasteiger partial charge is 0.396 e. The molecule has 1 atom stereocenters. The molecule has 2 aromatic rings. The van der Waals surface area contributed by atoms with E-state index in [2.05, 4.69) is 9.97 Å². The number of H-pyrrole nitrogens is 1. The lowest BCUT2D eigenvalue weighted by Crippen LogP contribution is -2.41. The Balaban J connectivity index is 1.57. The van der Waals surface area contributed by atoms with Gasteiger partial charge in [-0.15, -0.1) is 0 Å². The number of piperidine rings is 1. The number of likely N-dealkylation sites (tertiary alicyclic amines) is 1. The summed E-state index contributed by atoms with van der Waals surface area (Å²) in [6, 6.07) is 7.84. The molecule has 1 aromatic carbocycles. The van der Waals surface area contributed by atoms with Gasteiger partial charge in [0.25, 0.3) is 0 Å². The van der Waals surface area contributed by atoms with Gasteiger partial charge in [-0.05, 0) is 30.9 Å². The monoisotopic (exact) mass is 305 g/mol. The highest BCUT2D eigenvalue weighted by Gasteiger charge is 2.23.